The first-order valence-corrected chi connectivity index (χ1v) is 5.53. The number of carbonyl (C=O) groups excluding carboxylic acids is 1. The van der Waals surface area contributed by atoms with Gasteiger partial charge >= 0.3 is 5.97 Å². The minimum Gasteiger partial charge on any atom is -0.478 e. The molecule has 1 aromatic carbocycles. The molecule has 1 amide bonds. The van der Waals surface area contributed by atoms with Crippen molar-refractivity contribution in [1.29, 1.82) is 0 Å². The number of hydrogen-bond donors (Lipinski definition) is 2. The van der Waals surface area contributed by atoms with Gasteiger partial charge in [0.15, 0.2) is 0 Å². The van der Waals surface area contributed by atoms with Crippen molar-refractivity contribution >= 4 is 23.1 Å². The lowest BCUT2D eigenvalue weighted by atomic mass is 10.0. The number of amides is 1. The average Bonchev–Trinajstić information content (AvgIpc) is 2.36. The molecule has 0 aliphatic rings. The van der Waals surface area contributed by atoms with Gasteiger partial charge in [-0.1, -0.05) is 31.7 Å². The number of hydrogen-bond acceptors (Lipinski definition) is 2. The maximum Gasteiger partial charge on any atom is 0.328 e. The summed E-state index contributed by atoms with van der Waals surface area (Å²) in [5.41, 5.74) is 2.40. The molecule has 94 valence electrons. The molecule has 0 saturated heterocycles. The van der Waals surface area contributed by atoms with Crippen molar-refractivity contribution in [2.24, 2.45) is 0 Å². The molecule has 4 nitrogen and oxygen atoms in total. The van der Waals surface area contributed by atoms with E-state index in [2.05, 4.69) is 11.9 Å². The fraction of sp³-hybridized carbons (Fsp3) is 0.143. The summed E-state index contributed by atoms with van der Waals surface area (Å²) in [6, 6.07) is 7.27. The molecule has 0 atom stereocenters. The van der Waals surface area contributed by atoms with Crippen LogP contribution in [0.3, 0.4) is 0 Å². The van der Waals surface area contributed by atoms with Crippen LogP contribution in [0.5, 0.6) is 0 Å². The van der Waals surface area contributed by atoms with Crippen LogP contribution in [0, 0.1) is 0 Å². The first-order chi connectivity index (χ1) is 8.54. The molecule has 0 fully saturated rings. The Bertz CT molecular complexity index is 504. The highest BCUT2D eigenvalue weighted by Gasteiger charge is 2.06. The Balaban J connectivity index is 2.88. The lowest BCUT2D eigenvalue weighted by molar-refractivity contribution is -0.131. The molecular formula is C14H15NO3. The van der Waals surface area contributed by atoms with Crippen LogP contribution < -0.4 is 5.32 Å². The van der Waals surface area contributed by atoms with E-state index in [-0.39, 0.29) is 0 Å². The number of benzene rings is 1. The van der Waals surface area contributed by atoms with E-state index >= 15 is 0 Å². The van der Waals surface area contributed by atoms with E-state index in [9.17, 15) is 9.59 Å². The summed E-state index contributed by atoms with van der Waals surface area (Å²) in [5.74, 6) is -1.63. The van der Waals surface area contributed by atoms with E-state index in [0.717, 1.165) is 29.7 Å². The first-order valence-electron chi connectivity index (χ1n) is 5.53. The van der Waals surface area contributed by atoms with Crippen LogP contribution in [-0.2, 0) is 9.59 Å². The van der Waals surface area contributed by atoms with Crippen molar-refractivity contribution < 1.29 is 14.7 Å². The molecule has 0 unspecified atom stereocenters. The highest BCUT2D eigenvalue weighted by molar-refractivity contribution is 6.03. The van der Waals surface area contributed by atoms with E-state index in [0.29, 0.717) is 5.69 Å². The Kier molecular flexibility index (Phi) is 4.87. The van der Waals surface area contributed by atoms with Gasteiger partial charge in [0.05, 0.1) is 0 Å². The fourth-order valence-electron chi connectivity index (χ4n) is 1.41. The van der Waals surface area contributed by atoms with Crippen LogP contribution in [0.4, 0.5) is 5.69 Å². The van der Waals surface area contributed by atoms with Gasteiger partial charge in [-0.2, -0.15) is 0 Å². The second-order valence-corrected chi connectivity index (χ2v) is 3.66. The minimum absolute atomic E-state index is 0.478. The van der Waals surface area contributed by atoms with E-state index in [1.54, 1.807) is 12.1 Å². The van der Waals surface area contributed by atoms with Gasteiger partial charge in [0.1, 0.15) is 0 Å². The third-order valence-electron chi connectivity index (χ3n) is 2.37. The predicted octanol–water partition coefficient (Wildman–Crippen LogP) is 2.69. The van der Waals surface area contributed by atoms with Crippen LogP contribution in [0.2, 0.25) is 0 Å². The van der Waals surface area contributed by atoms with Crippen molar-refractivity contribution in [2.75, 3.05) is 5.32 Å². The summed E-state index contributed by atoms with van der Waals surface area (Å²) in [6.45, 7) is 5.90. The number of allylic oxidation sites excluding steroid dienone is 1. The lowest BCUT2D eigenvalue weighted by Gasteiger charge is -2.10. The summed E-state index contributed by atoms with van der Waals surface area (Å²) in [4.78, 5) is 21.8. The molecule has 0 radical (unpaired) electrons. The normalized spacial score (nSPS) is 10.3. The Morgan fingerprint density at radius 1 is 1.33 bits per heavy atom. The summed E-state index contributed by atoms with van der Waals surface area (Å²) >= 11 is 0. The fourth-order valence-corrected chi connectivity index (χ4v) is 1.41. The second kappa shape index (κ2) is 6.39. The molecule has 0 heterocycles. The molecule has 1 aromatic rings. The van der Waals surface area contributed by atoms with E-state index < -0.39 is 11.9 Å². The molecule has 0 saturated carbocycles. The zero-order chi connectivity index (χ0) is 13.5. The van der Waals surface area contributed by atoms with Crippen molar-refractivity contribution in [2.45, 2.75) is 13.3 Å². The van der Waals surface area contributed by atoms with Gasteiger partial charge in [-0.05, 0) is 18.1 Å². The minimum atomic E-state index is -1.16. The smallest absolute Gasteiger partial charge is 0.328 e. The molecule has 0 bridgehead atoms. The number of carboxylic acids is 1. The zero-order valence-corrected chi connectivity index (χ0v) is 10.1. The molecule has 0 aliphatic heterocycles. The Morgan fingerprint density at radius 2 is 2.00 bits per heavy atom. The molecular weight excluding hydrogens is 230 g/mol. The molecule has 1 rings (SSSR count). The standard InChI is InChI=1S/C14H15NO3/c1-3-10(2)11-6-4-5-7-12(11)15-13(16)8-9-14(17)18/h4-9H,2-3H2,1H3,(H,15,16)(H,17,18)/b9-8-. The van der Waals surface area contributed by atoms with Gasteiger partial charge < -0.3 is 10.4 Å². The molecule has 18 heavy (non-hydrogen) atoms. The largest absolute Gasteiger partial charge is 0.478 e. The van der Waals surface area contributed by atoms with Gasteiger partial charge in [0.2, 0.25) is 5.91 Å². The van der Waals surface area contributed by atoms with Crippen molar-refractivity contribution in [1.82, 2.24) is 0 Å². The van der Waals surface area contributed by atoms with E-state index in [1.165, 1.54) is 0 Å². The summed E-state index contributed by atoms with van der Waals surface area (Å²) in [7, 11) is 0. The number of carbonyl (C=O) groups is 2. The number of nitrogens with one attached hydrogen (secondary N) is 1. The third kappa shape index (κ3) is 3.90. The monoisotopic (exact) mass is 245 g/mol. The van der Waals surface area contributed by atoms with Crippen molar-refractivity contribution in [3.05, 3.63) is 48.6 Å². The maximum atomic E-state index is 11.5. The Hall–Kier alpha value is -2.36. The van der Waals surface area contributed by atoms with Gasteiger partial charge in [-0.25, -0.2) is 4.79 Å². The first kappa shape index (κ1) is 13.7. The summed E-state index contributed by atoms with van der Waals surface area (Å²) in [5, 5.41) is 11.1. The van der Waals surface area contributed by atoms with Crippen LogP contribution in [0.1, 0.15) is 18.9 Å². The average molecular weight is 245 g/mol. The summed E-state index contributed by atoms with van der Waals surface area (Å²) in [6.07, 6.45) is 2.55. The quantitative estimate of drug-likeness (QED) is 0.784. The van der Waals surface area contributed by atoms with Gasteiger partial charge in [-0.15, -0.1) is 0 Å². The van der Waals surface area contributed by atoms with Gasteiger partial charge in [-0.3, -0.25) is 4.79 Å². The highest BCUT2D eigenvalue weighted by atomic mass is 16.4. The molecule has 0 spiro atoms. The lowest BCUT2D eigenvalue weighted by Crippen LogP contribution is -2.10. The number of carboxylic acid groups (broad SMARTS) is 1. The second-order valence-electron chi connectivity index (χ2n) is 3.66. The highest BCUT2D eigenvalue weighted by Crippen LogP contribution is 2.24. The molecule has 4 heteroatoms. The third-order valence-corrected chi connectivity index (χ3v) is 2.37. The Labute approximate surface area is 106 Å². The summed E-state index contributed by atoms with van der Waals surface area (Å²) < 4.78 is 0. The maximum absolute atomic E-state index is 11.5. The topological polar surface area (TPSA) is 66.4 Å². The number of aliphatic carboxylic acids is 1. The van der Waals surface area contributed by atoms with Crippen LogP contribution in [0.15, 0.2) is 43.0 Å². The zero-order valence-electron chi connectivity index (χ0n) is 10.1. The van der Waals surface area contributed by atoms with E-state index in [4.69, 9.17) is 5.11 Å². The predicted molar refractivity (Wildman–Crippen MR) is 71.2 cm³/mol. The van der Waals surface area contributed by atoms with Gasteiger partial charge in [0.25, 0.3) is 0 Å². The van der Waals surface area contributed by atoms with Crippen LogP contribution >= 0.6 is 0 Å². The number of para-hydroxylation sites is 1. The van der Waals surface area contributed by atoms with Crippen LogP contribution in [0.25, 0.3) is 5.57 Å². The molecule has 2 N–H and O–H groups in total. The molecule has 0 aliphatic carbocycles. The number of rotatable bonds is 5. The number of anilines is 1. The van der Waals surface area contributed by atoms with Crippen LogP contribution in [-0.4, -0.2) is 17.0 Å². The van der Waals surface area contributed by atoms with Crippen molar-refractivity contribution in [3.63, 3.8) is 0 Å². The molecule has 0 aromatic heterocycles. The van der Waals surface area contributed by atoms with Crippen molar-refractivity contribution in [3.8, 4) is 0 Å². The Morgan fingerprint density at radius 3 is 2.61 bits per heavy atom. The van der Waals surface area contributed by atoms with Gasteiger partial charge in [0, 0.05) is 23.4 Å². The SMILES string of the molecule is C=C(CC)c1ccccc1NC(=O)/C=C\C(=O)O. The van der Waals surface area contributed by atoms with E-state index in [1.807, 2.05) is 19.1 Å².